The van der Waals surface area contributed by atoms with Crippen molar-refractivity contribution in [2.24, 2.45) is 0 Å². The summed E-state index contributed by atoms with van der Waals surface area (Å²) < 4.78 is 21.2. The lowest BCUT2D eigenvalue weighted by Gasteiger charge is -2.21. The summed E-state index contributed by atoms with van der Waals surface area (Å²) in [6.45, 7) is 0.264. The van der Waals surface area contributed by atoms with Crippen LogP contribution in [0.1, 0.15) is 10.4 Å². The van der Waals surface area contributed by atoms with E-state index in [-0.39, 0.29) is 5.56 Å². The lowest BCUT2D eigenvalue weighted by molar-refractivity contribution is -0.119. The Bertz CT molecular complexity index is 849. The maximum Gasteiger partial charge on any atom is 0.338 e. The third-order valence-corrected chi connectivity index (χ3v) is 3.98. The average molecular weight is 412 g/mol. The number of benzene rings is 2. The van der Waals surface area contributed by atoms with Gasteiger partial charge in [0, 0.05) is 15.7 Å². The molecule has 0 bridgehead atoms. The molecule has 0 aromatic heterocycles. The van der Waals surface area contributed by atoms with Crippen LogP contribution in [0.3, 0.4) is 0 Å². The van der Waals surface area contributed by atoms with Crippen LogP contribution in [0.4, 0.5) is 5.69 Å². The Balaban J connectivity index is 1.64. The summed E-state index contributed by atoms with van der Waals surface area (Å²) in [4.78, 5) is 24.3. The number of ether oxygens (including phenoxy) is 4. The van der Waals surface area contributed by atoms with E-state index in [2.05, 4.69) is 5.32 Å². The highest BCUT2D eigenvalue weighted by atomic mass is 35.5. The van der Waals surface area contributed by atoms with Gasteiger partial charge < -0.3 is 24.3 Å². The Labute approximate surface area is 165 Å². The number of methoxy groups -OCH3 is 1. The van der Waals surface area contributed by atoms with Crippen LogP contribution in [-0.2, 0) is 9.53 Å². The molecule has 3 rings (SSSR count). The molecule has 0 spiro atoms. The monoisotopic (exact) mass is 411 g/mol. The van der Waals surface area contributed by atoms with Crippen molar-refractivity contribution in [3.05, 3.63) is 45.9 Å². The molecule has 0 unspecified atom stereocenters. The van der Waals surface area contributed by atoms with Gasteiger partial charge in [0.15, 0.2) is 18.1 Å². The van der Waals surface area contributed by atoms with Gasteiger partial charge >= 0.3 is 5.97 Å². The SMILES string of the molecule is COc1cc(C(=O)OCC(=O)Nc2cc(Cl)cc(Cl)c2)cc2c1OCCO2. The van der Waals surface area contributed by atoms with Gasteiger partial charge in [-0.2, -0.15) is 0 Å². The van der Waals surface area contributed by atoms with Crippen LogP contribution in [0.2, 0.25) is 10.0 Å². The molecule has 2 aromatic rings. The topological polar surface area (TPSA) is 83.1 Å². The Morgan fingerprint density at radius 3 is 2.48 bits per heavy atom. The molecule has 1 aliphatic rings. The first-order valence-corrected chi connectivity index (χ1v) is 8.62. The van der Waals surface area contributed by atoms with Crippen LogP contribution in [0.25, 0.3) is 0 Å². The zero-order valence-electron chi connectivity index (χ0n) is 14.2. The maximum atomic E-state index is 12.3. The van der Waals surface area contributed by atoms with E-state index in [0.717, 1.165) is 0 Å². The van der Waals surface area contributed by atoms with E-state index < -0.39 is 18.5 Å². The minimum absolute atomic E-state index is 0.176. The number of amides is 1. The molecule has 7 nitrogen and oxygen atoms in total. The fourth-order valence-electron chi connectivity index (χ4n) is 2.43. The van der Waals surface area contributed by atoms with Crippen molar-refractivity contribution in [3.63, 3.8) is 0 Å². The van der Waals surface area contributed by atoms with Gasteiger partial charge in [0.2, 0.25) is 5.75 Å². The Kier molecular flexibility index (Phi) is 5.93. The Hall–Kier alpha value is -2.64. The highest BCUT2D eigenvalue weighted by Gasteiger charge is 2.22. The first-order valence-electron chi connectivity index (χ1n) is 7.87. The van der Waals surface area contributed by atoms with Crippen molar-refractivity contribution in [3.8, 4) is 17.2 Å². The lowest BCUT2D eigenvalue weighted by Crippen LogP contribution is -2.21. The number of hydrogen-bond acceptors (Lipinski definition) is 6. The molecule has 27 heavy (non-hydrogen) atoms. The number of anilines is 1. The van der Waals surface area contributed by atoms with Crippen molar-refractivity contribution >= 4 is 40.8 Å². The summed E-state index contributed by atoms with van der Waals surface area (Å²) in [5.74, 6) is -0.0886. The van der Waals surface area contributed by atoms with E-state index in [1.165, 1.54) is 37.4 Å². The molecule has 1 aliphatic heterocycles. The molecule has 142 valence electrons. The normalized spacial score (nSPS) is 12.3. The number of halogens is 2. The van der Waals surface area contributed by atoms with E-state index in [1.807, 2.05) is 0 Å². The number of esters is 1. The zero-order chi connectivity index (χ0) is 19.4. The lowest BCUT2D eigenvalue weighted by atomic mass is 10.1. The van der Waals surface area contributed by atoms with Gasteiger partial charge in [0.05, 0.1) is 12.7 Å². The van der Waals surface area contributed by atoms with Gasteiger partial charge in [-0.05, 0) is 30.3 Å². The van der Waals surface area contributed by atoms with Gasteiger partial charge in [-0.25, -0.2) is 4.79 Å². The molecule has 0 atom stereocenters. The molecule has 0 aliphatic carbocycles. The first kappa shape index (κ1) is 19.1. The Morgan fingerprint density at radius 2 is 1.78 bits per heavy atom. The van der Waals surface area contributed by atoms with Crippen molar-refractivity contribution in [1.29, 1.82) is 0 Å². The number of hydrogen-bond donors (Lipinski definition) is 1. The number of carbonyl (C=O) groups excluding carboxylic acids is 2. The van der Waals surface area contributed by atoms with Crippen LogP contribution in [0.15, 0.2) is 30.3 Å². The second-order valence-electron chi connectivity index (χ2n) is 5.49. The van der Waals surface area contributed by atoms with E-state index in [0.29, 0.717) is 46.2 Å². The van der Waals surface area contributed by atoms with Gasteiger partial charge in [0.1, 0.15) is 13.2 Å². The predicted octanol–water partition coefficient (Wildman–Crippen LogP) is 3.57. The van der Waals surface area contributed by atoms with Crippen LogP contribution in [0, 0.1) is 0 Å². The number of nitrogens with one attached hydrogen (secondary N) is 1. The van der Waals surface area contributed by atoms with Crippen LogP contribution in [0.5, 0.6) is 17.2 Å². The van der Waals surface area contributed by atoms with E-state index >= 15 is 0 Å². The molecule has 9 heteroatoms. The van der Waals surface area contributed by atoms with Crippen molar-refractivity contribution in [2.75, 3.05) is 32.2 Å². The van der Waals surface area contributed by atoms with Gasteiger partial charge in [0.25, 0.3) is 5.91 Å². The van der Waals surface area contributed by atoms with Crippen LogP contribution in [-0.4, -0.2) is 38.8 Å². The molecule has 0 fully saturated rings. The molecule has 2 aromatic carbocycles. The van der Waals surface area contributed by atoms with E-state index in [1.54, 1.807) is 0 Å². The van der Waals surface area contributed by atoms with Crippen LogP contribution >= 0.6 is 23.2 Å². The highest BCUT2D eigenvalue weighted by molar-refractivity contribution is 6.35. The average Bonchev–Trinajstić information content (AvgIpc) is 2.64. The zero-order valence-corrected chi connectivity index (χ0v) is 15.7. The second-order valence-corrected chi connectivity index (χ2v) is 6.36. The fraction of sp³-hybridized carbons (Fsp3) is 0.222. The highest BCUT2D eigenvalue weighted by Crippen LogP contribution is 2.40. The third-order valence-electron chi connectivity index (χ3n) is 3.54. The van der Waals surface area contributed by atoms with Crippen molar-refractivity contribution in [2.45, 2.75) is 0 Å². The summed E-state index contributed by atoms with van der Waals surface area (Å²) >= 11 is 11.7. The number of rotatable bonds is 5. The molecule has 1 heterocycles. The van der Waals surface area contributed by atoms with Crippen LogP contribution < -0.4 is 19.5 Å². The quantitative estimate of drug-likeness (QED) is 0.757. The fourth-order valence-corrected chi connectivity index (χ4v) is 2.95. The molecule has 0 radical (unpaired) electrons. The molecule has 0 saturated carbocycles. The standard InChI is InChI=1S/C18H15Cl2NO6/c1-24-14-4-10(5-15-17(14)26-3-2-25-15)18(23)27-9-16(22)21-13-7-11(19)6-12(20)8-13/h4-8H,2-3,9H2,1H3,(H,21,22). The molecule has 1 N–H and O–H groups in total. The van der Waals surface area contributed by atoms with E-state index in [9.17, 15) is 9.59 Å². The summed E-state index contributed by atoms with van der Waals surface area (Å²) in [6.07, 6.45) is 0. The summed E-state index contributed by atoms with van der Waals surface area (Å²) in [6, 6.07) is 7.53. The number of fused-ring (bicyclic) bond motifs is 1. The maximum absolute atomic E-state index is 12.3. The Morgan fingerprint density at radius 1 is 1.07 bits per heavy atom. The molecule has 0 saturated heterocycles. The van der Waals surface area contributed by atoms with Gasteiger partial charge in [-0.15, -0.1) is 0 Å². The molecule has 1 amide bonds. The number of carbonyl (C=O) groups is 2. The second kappa shape index (κ2) is 8.37. The molecular formula is C18H15Cl2NO6. The molecular weight excluding hydrogens is 397 g/mol. The smallest absolute Gasteiger partial charge is 0.338 e. The minimum Gasteiger partial charge on any atom is -0.493 e. The van der Waals surface area contributed by atoms with E-state index in [4.69, 9.17) is 42.1 Å². The predicted molar refractivity (Wildman–Crippen MR) is 99.4 cm³/mol. The third kappa shape index (κ3) is 4.75. The summed E-state index contributed by atoms with van der Waals surface area (Å²) in [5.41, 5.74) is 0.573. The first-order chi connectivity index (χ1) is 13.0. The van der Waals surface area contributed by atoms with Crippen molar-refractivity contribution < 1.29 is 28.5 Å². The van der Waals surface area contributed by atoms with Gasteiger partial charge in [-0.1, -0.05) is 23.2 Å². The summed E-state index contributed by atoms with van der Waals surface area (Å²) in [5, 5.41) is 3.30. The minimum atomic E-state index is -0.704. The largest absolute Gasteiger partial charge is 0.493 e. The van der Waals surface area contributed by atoms with Crippen molar-refractivity contribution in [1.82, 2.24) is 0 Å². The van der Waals surface area contributed by atoms with Gasteiger partial charge in [-0.3, -0.25) is 4.79 Å². The summed E-state index contributed by atoms with van der Waals surface area (Å²) in [7, 11) is 1.45.